The summed E-state index contributed by atoms with van der Waals surface area (Å²) in [5.74, 6) is -2.99. The van der Waals surface area contributed by atoms with Gasteiger partial charge in [0.05, 0.1) is 18.4 Å². The molecule has 0 aromatic heterocycles. The van der Waals surface area contributed by atoms with Gasteiger partial charge in [0, 0.05) is 11.6 Å². The normalized spacial score (nSPS) is 12.9. The Morgan fingerprint density at radius 3 is 2.05 bits per heavy atom. The molecule has 0 aliphatic heterocycles. The minimum Gasteiger partial charge on any atom is -0.548 e. The molecule has 0 spiro atoms. The number of rotatable bonds is 7. The second-order valence-electron chi connectivity index (χ2n) is 4.40. The van der Waals surface area contributed by atoms with E-state index in [1.807, 2.05) is 0 Å². The van der Waals surface area contributed by atoms with Gasteiger partial charge in [-0.05, 0) is 12.0 Å². The first-order valence-electron chi connectivity index (χ1n) is 5.88. The molecule has 21 heavy (non-hydrogen) atoms. The fourth-order valence-electron chi connectivity index (χ4n) is 1.64. The second-order valence-corrected chi connectivity index (χ2v) is 4.40. The SMILES string of the molecule is N[C@@H](Cc1ccc(C(=O)[C@@H](N)CC(=O)O)cc1)C(=O)[O-].[K+]. The number of hydrogen-bond acceptors (Lipinski definition) is 6. The first-order chi connectivity index (χ1) is 9.31. The minimum absolute atomic E-state index is 0. The largest absolute Gasteiger partial charge is 1.00 e. The van der Waals surface area contributed by atoms with E-state index in [4.69, 9.17) is 16.6 Å². The molecule has 1 rings (SSSR count). The first kappa shape index (κ1) is 20.4. The predicted octanol–water partition coefficient (Wildman–Crippen LogP) is -4.70. The van der Waals surface area contributed by atoms with Crippen LogP contribution in [0.15, 0.2) is 24.3 Å². The van der Waals surface area contributed by atoms with Crippen molar-refractivity contribution in [2.45, 2.75) is 24.9 Å². The number of benzene rings is 1. The van der Waals surface area contributed by atoms with E-state index < -0.39 is 36.2 Å². The molecule has 0 amide bonds. The van der Waals surface area contributed by atoms with Crippen LogP contribution in [0.2, 0.25) is 0 Å². The van der Waals surface area contributed by atoms with Crippen molar-refractivity contribution in [1.29, 1.82) is 0 Å². The van der Waals surface area contributed by atoms with Gasteiger partial charge in [0.15, 0.2) is 5.78 Å². The van der Waals surface area contributed by atoms with Gasteiger partial charge in [-0.15, -0.1) is 0 Å². The molecule has 0 radical (unpaired) electrons. The van der Waals surface area contributed by atoms with Gasteiger partial charge in [-0.2, -0.15) is 0 Å². The van der Waals surface area contributed by atoms with E-state index in [-0.39, 0.29) is 63.4 Å². The zero-order valence-corrected chi connectivity index (χ0v) is 14.7. The summed E-state index contributed by atoms with van der Waals surface area (Å²) >= 11 is 0. The Bertz CT molecular complexity index is 518. The molecule has 1 aromatic rings. The summed E-state index contributed by atoms with van der Waals surface area (Å²) in [7, 11) is 0. The number of aliphatic carboxylic acids is 2. The van der Waals surface area contributed by atoms with Crippen LogP contribution in [0, 0.1) is 0 Å². The maximum absolute atomic E-state index is 11.8. The fraction of sp³-hybridized carbons (Fsp3) is 0.308. The molecule has 1 aromatic carbocycles. The zero-order chi connectivity index (χ0) is 15.3. The van der Waals surface area contributed by atoms with Gasteiger partial charge in [0.2, 0.25) is 0 Å². The number of carboxylic acids is 2. The Kier molecular flexibility index (Phi) is 9.14. The van der Waals surface area contributed by atoms with Crippen molar-refractivity contribution in [2.24, 2.45) is 11.5 Å². The van der Waals surface area contributed by atoms with Crippen molar-refractivity contribution in [3.05, 3.63) is 35.4 Å². The van der Waals surface area contributed by atoms with E-state index >= 15 is 0 Å². The molecule has 0 unspecified atom stereocenters. The number of nitrogens with two attached hydrogens (primary N) is 2. The molecular weight excluding hydrogens is 303 g/mol. The van der Waals surface area contributed by atoms with Crippen molar-refractivity contribution < 1.29 is 76.0 Å². The summed E-state index contributed by atoms with van der Waals surface area (Å²) < 4.78 is 0. The van der Waals surface area contributed by atoms with Gasteiger partial charge in [-0.3, -0.25) is 9.59 Å². The third-order valence-electron chi connectivity index (χ3n) is 2.73. The van der Waals surface area contributed by atoms with Crippen LogP contribution in [-0.4, -0.2) is 34.9 Å². The van der Waals surface area contributed by atoms with Crippen LogP contribution in [0.4, 0.5) is 0 Å². The summed E-state index contributed by atoms with van der Waals surface area (Å²) in [6.45, 7) is 0. The van der Waals surface area contributed by atoms with Crippen LogP contribution in [0.3, 0.4) is 0 Å². The van der Waals surface area contributed by atoms with Crippen LogP contribution < -0.4 is 68.0 Å². The fourth-order valence-corrected chi connectivity index (χ4v) is 1.64. The van der Waals surface area contributed by atoms with Gasteiger partial charge in [0.25, 0.3) is 0 Å². The van der Waals surface area contributed by atoms with E-state index in [9.17, 15) is 19.5 Å². The molecule has 0 bridgehead atoms. The Morgan fingerprint density at radius 1 is 1.10 bits per heavy atom. The second kappa shape index (κ2) is 9.41. The van der Waals surface area contributed by atoms with Gasteiger partial charge in [0.1, 0.15) is 0 Å². The van der Waals surface area contributed by atoms with Crippen molar-refractivity contribution in [1.82, 2.24) is 0 Å². The van der Waals surface area contributed by atoms with E-state index in [0.29, 0.717) is 5.56 Å². The van der Waals surface area contributed by atoms with Crippen molar-refractivity contribution >= 4 is 17.7 Å². The predicted molar refractivity (Wildman–Crippen MR) is 67.7 cm³/mol. The Hall–Kier alpha value is -0.614. The van der Waals surface area contributed by atoms with E-state index in [0.717, 1.165) is 0 Å². The number of hydrogen-bond donors (Lipinski definition) is 3. The summed E-state index contributed by atoms with van der Waals surface area (Å²) in [5, 5.41) is 19.1. The molecule has 0 aliphatic rings. The van der Waals surface area contributed by atoms with Gasteiger partial charge in [-0.25, -0.2) is 0 Å². The Balaban J connectivity index is 0.00000400. The maximum Gasteiger partial charge on any atom is 1.00 e. The Morgan fingerprint density at radius 2 is 1.62 bits per heavy atom. The van der Waals surface area contributed by atoms with Crippen molar-refractivity contribution in [3.8, 4) is 0 Å². The van der Waals surface area contributed by atoms with Crippen LogP contribution in [0.5, 0.6) is 0 Å². The van der Waals surface area contributed by atoms with Gasteiger partial charge >= 0.3 is 57.4 Å². The van der Waals surface area contributed by atoms with Crippen LogP contribution in [0.25, 0.3) is 0 Å². The standard InChI is InChI=1S/C13H16N2O5.K/c14-9(6-11(16)17)12(18)8-3-1-7(2-4-8)5-10(15)13(19)20;/h1-4,9-10H,5-6,14-15H2,(H,16,17)(H,19,20);/q;+1/p-1/t9-,10-;/m0./s1. The third-order valence-corrected chi connectivity index (χ3v) is 2.73. The van der Waals surface area contributed by atoms with E-state index in [1.165, 1.54) is 12.1 Å². The van der Waals surface area contributed by atoms with E-state index in [2.05, 4.69) is 0 Å². The third kappa shape index (κ3) is 6.79. The molecule has 0 heterocycles. The molecular formula is C13H15KN2O5. The van der Waals surface area contributed by atoms with Crippen molar-refractivity contribution in [2.75, 3.05) is 0 Å². The van der Waals surface area contributed by atoms with Crippen LogP contribution >= 0.6 is 0 Å². The Labute approximate surface area is 164 Å². The minimum atomic E-state index is -1.35. The van der Waals surface area contributed by atoms with Crippen LogP contribution in [0.1, 0.15) is 22.3 Å². The average molecular weight is 318 g/mol. The van der Waals surface area contributed by atoms with E-state index in [1.54, 1.807) is 12.1 Å². The molecule has 2 atom stereocenters. The number of carboxylic acid groups (broad SMARTS) is 2. The smallest absolute Gasteiger partial charge is 0.548 e. The number of Topliss-reactive ketones (excluding diaryl/α,β-unsaturated/α-hetero) is 1. The molecule has 5 N–H and O–H groups in total. The number of ketones is 1. The number of carbonyl (C=O) groups excluding carboxylic acids is 2. The summed E-state index contributed by atoms with van der Waals surface area (Å²) in [5.41, 5.74) is 11.7. The molecule has 8 heteroatoms. The molecule has 0 fully saturated rings. The molecule has 0 saturated carbocycles. The van der Waals surface area contributed by atoms with Gasteiger partial charge < -0.3 is 26.5 Å². The zero-order valence-electron chi connectivity index (χ0n) is 11.6. The van der Waals surface area contributed by atoms with Crippen LogP contribution in [-0.2, 0) is 16.0 Å². The molecule has 0 aliphatic carbocycles. The molecule has 108 valence electrons. The molecule has 7 nitrogen and oxygen atoms in total. The first-order valence-corrected chi connectivity index (χ1v) is 5.88. The van der Waals surface area contributed by atoms with Gasteiger partial charge in [-0.1, -0.05) is 24.3 Å². The quantitative estimate of drug-likeness (QED) is 0.338. The average Bonchev–Trinajstić information content (AvgIpc) is 2.37. The summed E-state index contributed by atoms with van der Waals surface area (Å²) in [6, 6.07) is 3.78. The molecule has 0 saturated heterocycles. The number of carbonyl (C=O) groups is 3. The van der Waals surface area contributed by atoms with Crippen molar-refractivity contribution in [3.63, 3.8) is 0 Å². The summed E-state index contributed by atoms with van der Waals surface area (Å²) in [6.07, 6.45) is -0.367. The maximum atomic E-state index is 11.8. The topological polar surface area (TPSA) is 147 Å². The summed E-state index contributed by atoms with van der Waals surface area (Å²) in [4.78, 5) is 32.8. The monoisotopic (exact) mass is 318 g/mol.